The highest BCUT2D eigenvalue weighted by molar-refractivity contribution is 5.92. The molecule has 4 aromatic rings. The van der Waals surface area contributed by atoms with E-state index in [9.17, 15) is 4.79 Å². The lowest BCUT2D eigenvalue weighted by molar-refractivity contribution is -0.118. The van der Waals surface area contributed by atoms with Gasteiger partial charge in [0.1, 0.15) is 12.1 Å². The first-order valence-electron chi connectivity index (χ1n) is 8.85. The quantitative estimate of drug-likeness (QED) is 0.580. The van der Waals surface area contributed by atoms with Crippen molar-refractivity contribution in [3.63, 3.8) is 0 Å². The fourth-order valence-electron chi connectivity index (χ4n) is 3.00. The second kappa shape index (κ2) is 7.48. The number of nitrogens with zero attached hydrogens (tertiary/aromatic N) is 4. The normalized spacial score (nSPS) is 10.8. The third-order valence-corrected chi connectivity index (χ3v) is 4.17. The number of fused-ring (bicyclic) bond motifs is 1. The van der Waals surface area contributed by atoms with Crippen LogP contribution in [-0.4, -0.2) is 32.3 Å². The zero-order chi connectivity index (χ0) is 19.5. The topological polar surface area (TPSA) is 81.4 Å². The van der Waals surface area contributed by atoms with Crippen molar-refractivity contribution >= 4 is 17.2 Å². The number of anilines is 1. The van der Waals surface area contributed by atoms with Crippen LogP contribution < -0.4 is 10.1 Å². The van der Waals surface area contributed by atoms with Crippen LogP contribution in [0.5, 0.6) is 5.75 Å². The highest BCUT2D eigenvalue weighted by Gasteiger charge is 2.07. The van der Waals surface area contributed by atoms with Gasteiger partial charge in [0.15, 0.2) is 12.3 Å². The summed E-state index contributed by atoms with van der Waals surface area (Å²) in [6, 6.07) is 17.1. The number of aryl methyl sites for hydroxylation is 2. The van der Waals surface area contributed by atoms with E-state index >= 15 is 0 Å². The van der Waals surface area contributed by atoms with Crippen molar-refractivity contribution in [2.24, 2.45) is 0 Å². The Bertz CT molecular complexity index is 1130. The summed E-state index contributed by atoms with van der Waals surface area (Å²) in [6.45, 7) is 3.94. The lowest BCUT2D eigenvalue weighted by Gasteiger charge is -2.10. The molecule has 2 aromatic carbocycles. The maximum absolute atomic E-state index is 12.3. The van der Waals surface area contributed by atoms with Gasteiger partial charge in [0.2, 0.25) is 0 Å². The molecule has 0 bridgehead atoms. The molecule has 0 saturated carbocycles. The number of ether oxygens (including phenoxy) is 1. The van der Waals surface area contributed by atoms with Crippen LogP contribution in [0, 0.1) is 13.8 Å². The Morgan fingerprint density at radius 3 is 2.71 bits per heavy atom. The Morgan fingerprint density at radius 2 is 1.89 bits per heavy atom. The van der Waals surface area contributed by atoms with Crippen molar-refractivity contribution in [2.45, 2.75) is 13.8 Å². The van der Waals surface area contributed by atoms with Crippen molar-refractivity contribution in [1.82, 2.24) is 19.8 Å². The molecule has 0 aliphatic carbocycles. The van der Waals surface area contributed by atoms with Gasteiger partial charge in [-0.05, 0) is 61.4 Å². The number of hydrogen-bond donors (Lipinski definition) is 1. The van der Waals surface area contributed by atoms with Gasteiger partial charge in [-0.1, -0.05) is 18.2 Å². The van der Waals surface area contributed by atoms with Gasteiger partial charge < -0.3 is 10.1 Å². The fourth-order valence-corrected chi connectivity index (χ4v) is 3.00. The van der Waals surface area contributed by atoms with Crippen LogP contribution in [-0.2, 0) is 4.79 Å². The molecule has 1 amide bonds. The summed E-state index contributed by atoms with van der Waals surface area (Å²) in [5, 5.41) is 15.1. The first-order chi connectivity index (χ1) is 13.6. The molecule has 0 atom stereocenters. The Morgan fingerprint density at radius 1 is 1.07 bits per heavy atom. The van der Waals surface area contributed by atoms with Crippen LogP contribution in [0.1, 0.15) is 11.1 Å². The van der Waals surface area contributed by atoms with Crippen LogP contribution in [0.15, 0.2) is 60.9 Å². The molecule has 7 nitrogen and oxygen atoms in total. The van der Waals surface area contributed by atoms with Crippen molar-refractivity contribution in [3.05, 3.63) is 72.1 Å². The Kier molecular flexibility index (Phi) is 4.72. The predicted octanol–water partition coefficient (Wildman–Crippen LogP) is 3.43. The largest absolute Gasteiger partial charge is 0.484 e. The van der Waals surface area contributed by atoms with E-state index in [1.807, 2.05) is 62.4 Å². The average Bonchev–Trinajstić information content (AvgIpc) is 3.14. The first-order valence-corrected chi connectivity index (χ1v) is 8.85. The number of amides is 1. The molecule has 0 saturated heterocycles. The van der Waals surface area contributed by atoms with Gasteiger partial charge in [-0.25, -0.2) is 0 Å². The molecule has 7 heteroatoms. The van der Waals surface area contributed by atoms with Gasteiger partial charge >= 0.3 is 0 Å². The number of rotatable bonds is 5. The minimum atomic E-state index is -0.224. The number of carbonyl (C=O) groups excluding carboxylic acids is 1. The molecular weight excluding hydrogens is 354 g/mol. The standard InChI is InChI=1S/C21H19N5O2/c1-14-8-15(2)10-18(9-14)28-12-21(27)23-17-5-3-4-16(11-17)19-6-7-20-24-22-13-26(20)25-19/h3-11,13H,12H2,1-2H3,(H,23,27). The Balaban J connectivity index is 1.44. The van der Waals surface area contributed by atoms with E-state index in [1.165, 1.54) is 0 Å². The predicted molar refractivity (Wildman–Crippen MR) is 106 cm³/mol. The van der Waals surface area contributed by atoms with Crippen LogP contribution in [0.25, 0.3) is 16.9 Å². The molecule has 0 aliphatic heterocycles. The molecule has 0 aliphatic rings. The van der Waals surface area contributed by atoms with Gasteiger partial charge in [0, 0.05) is 11.3 Å². The summed E-state index contributed by atoms with van der Waals surface area (Å²) in [5.74, 6) is 0.464. The summed E-state index contributed by atoms with van der Waals surface area (Å²) in [7, 11) is 0. The molecule has 2 aromatic heterocycles. The van der Waals surface area contributed by atoms with E-state index < -0.39 is 0 Å². The number of aromatic nitrogens is 4. The molecule has 0 radical (unpaired) electrons. The summed E-state index contributed by atoms with van der Waals surface area (Å²) in [6.07, 6.45) is 1.55. The summed E-state index contributed by atoms with van der Waals surface area (Å²) in [4.78, 5) is 12.3. The number of benzene rings is 2. The second-order valence-corrected chi connectivity index (χ2v) is 6.59. The number of carbonyl (C=O) groups is 1. The van der Waals surface area contributed by atoms with Crippen molar-refractivity contribution in [1.29, 1.82) is 0 Å². The monoisotopic (exact) mass is 373 g/mol. The maximum atomic E-state index is 12.3. The molecule has 0 unspecified atom stereocenters. The Hall–Kier alpha value is -3.74. The molecule has 28 heavy (non-hydrogen) atoms. The number of hydrogen-bond acceptors (Lipinski definition) is 5. The van der Waals surface area contributed by atoms with Crippen LogP contribution in [0.3, 0.4) is 0 Å². The zero-order valence-electron chi connectivity index (χ0n) is 15.6. The lowest BCUT2D eigenvalue weighted by atomic mass is 10.1. The molecule has 1 N–H and O–H groups in total. The average molecular weight is 373 g/mol. The van der Waals surface area contributed by atoms with Crippen LogP contribution in [0.2, 0.25) is 0 Å². The van der Waals surface area contributed by atoms with E-state index in [2.05, 4.69) is 26.7 Å². The van der Waals surface area contributed by atoms with Gasteiger partial charge in [-0.2, -0.15) is 9.61 Å². The highest BCUT2D eigenvalue weighted by Crippen LogP contribution is 2.21. The second-order valence-electron chi connectivity index (χ2n) is 6.59. The number of nitrogens with one attached hydrogen (secondary N) is 1. The third-order valence-electron chi connectivity index (χ3n) is 4.17. The van der Waals surface area contributed by atoms with Crippen LogP contribution >= 0.6 is 0 Å². The van der Waals surface area contributed by atoms with Gasteiger partial charge in [0.25, 0.3) is 5.91 Å². The van der Waals surface area contributed by atoms with E-state index in [0.717, 1.165) is 22.4 Å². The maximum Gasteiger partial charge on any atom is 0.262 e. The van der Waals surface area contributed by atoms with Gasteiger partial charge in [-0.15, -0.1) is 10.2 Å². The summed E-state index contributed by atoms with van der Waals surface area (Å²) in [5.41, 5.74) is 5.19. The highest BCUT2D eigenvalue weighted by atomic mass is 16.5. The van der Waals surface area contributed by atoms with Gasteiger partial charge in [-0.3, -0.25) is 4.79 Å². The van der Waals surface area contributed by atoms with E-state index in [1.54, 1.807) is 10.8 Å². The zero-order valence-corrected chi connectivity index (χ0v) is 15.6. The molecule has 140 valence electrons. The minimum absolute atomic E-state index is 0.0575. The smallest absolute Gasteiger partial charge is 0.262 e. The fraction of sp³-hybridized carbons (Fsp3) is 0.143. The molecule has 0 spiro atoms. The van der Waals surface area contributed by atoms with Gasteiger partial charge in [0.05, 0.1) is 5.69 Å². The van der Waals surface area contributed by atoms with Crippen molar-refractivity contribution in [3.8, 4) is 17.0 Å². The summed E-state index contributed by atoms with van der Waals surface area (Å²) < 4.78 is 7.22. The lowest BCUT2D eigenvalue weighted by Crippen LogP contribution is -2.20. The molecule has 4 rings (SSSR count). The van der Waals surface area contributed by atoms with E-state index in [-0.39, 0.29) is 12.5 Å². The SMILES string of the molecule is Cc1cc(C)cc(OCC(=O)Nc2cccc(-c3ccc4nncn4n3)c2)c1. The van der Waals surface area contributed by atoms with Crippen LogP contribution in [0.4, 0.5) is 5.69 Å². The minimum Gasteiger partial charge on any atom is -0.484 e. The summed E-state index contributed by atoms with van der Waals surface area (Å²) >= 11 is 0. The first kappa shape index (κ1) is 17.7. The third kappa shape index (κ3) is 3.98. The van der Waals surface area contributed by atoms with Crippen molar-refractivity contribution in [2.75, 3.05) is 11.9 Å². The molecular formula is C21H19N5O2. The molecule has 2 heterocycles. The van der Waals surface area contributed by atoms with Crippen molar-refractivity contribution < 1.29 is 9.53 Å². The Labute approximate surface area is 162 Å². The molecule has 0 fully saturated rings. The van der Waals surface area contributed by atoms with E-state index in [4.69, 9.17) is 4.74 Å². The van der Waals surface area contributed by atoms with E-state index in [0.29, 0.717) is 17.1 Å².